The molecule has 3 heteroatoms. The van der Waals surface area contributed by atoms with Crippen molar-refractivity contribution in [3.8, 4) is 0 Å². The molecular formula is C11H12BrNO. The van der Waals surface area contributed by atoms with Crippen molar-refractivity contribution in [1.82, 2.24) is 5.32 Å². The molecule has 14 heavy (non-hydrogen) atoms. The van der Waals surface area contributed by atoms with Crippen LogP contribution < -0.4 is 5.32 Å². The molecule has 2 aromatic rings. The van der Waals surface area contributed by atoms with Crippen molar-refractivity contribution < 1.29 is 4.42 Å². The highest BCUT2D eigenvalue weighted by molar-refractivity contribution is 9.10. The summed E-state index contributed by atoms with van der Waals surface area (Å²) in [5.41, 5.74) is 0.927. The maximum atomic E-state index is 5.71. The van der Waals surface area contributed by atoms with Gasteiger partial charge in [-0.2, -0.15) is 0 Å². The predicted octanol–water partition coefficient (Wildman–Crippen LogP) is 3.48. The molecule has 0 saturated carbocycles. The standard InChI is InChI=1S/C11H12BrNO/c1-7(13-2)11-6-8-9(12)4-3-5-10(8)14-11/h3-7,13H,1-2H3. The van der Waals surface area contributed by atoms with Gasteiger partial charge in [0.25, 0.3) is 0 Å². The Morgan fingerprint density at radius 2 is 2.21 bits per heavy atom. The first-order chi connectivity index (χ1) is 6.72. The first kappa shape index (κ1) is 9.74. The molecule has 1 aromatic carbocycles. The fourth-order valence-corrected chi connectivity index (χ4v) is 1.86. The number of hydrogen-bond acceptors (Lipinski definition) is 2. The minimum absolute atomic E-state index is 0.245. The molecule has 1 unspecified atom stereocenters. The van der Waals surface area contributed by atoms with E-state index in [-0.39, 0.29) is 6.04 Å². The highest BCUT2D eigenvalue weighted by Crippen LogP contribution is 2.29. The van der Waals surface area contributed by atoms with E-state index >= 15 is 0 Å². The number of nitrogens with one attached hydrogen (secondary N) is 1. The quantitative estimate of drug-likeness (QED) is 0.887. The molecule has 0 aliphatic carbocycles. The van der Waals surface area contributed by atoms with Gasteiger partial charge in [0.05, 0.1) is 6.04 Å². The van der Waals surface area contributed by atoms with Crippen LogP contribution in [0.5, 0.6) is 0 Å². The van der Waals surface area contributed by atoms with Crippen molar-refractivity contribution in [2.75, 3.05) is 7.05 Å². The Labute approximate surface area is 91.4 Å². The van der Waals surface area contributed by atoms with Gasteiger partial charge in [-0.25, -0.2) is 0 Å². The highest BCUT2D eigenvalue weighted by Gasteiger charge is 2.10. The zero-order chi connectivity index (χ0) is 10.1. The molecule has 0 saturated heterocycles. The number of halogens is 1. The van der Waals surface area contributed by atoms with Crippen molar-refractivity contribution in [1.29, 1.82) is 0 Å². The fourth-order valence-electron chi connectivity index (χ4n) is 1.40. The summed E-state index contributed by atoms with van der Waals surface area (Å²) in [6.45, 7) is 2.08. The third-order valence-electron chi connectivity index (χ3n) is 2.39. The lowest BCUT2D eigenvalue weighted by Crippen LogP contribution is -2.10. The lowest BCUT2D eigenvalue weighted by molar-refractivity contribution is 0.475. The molecule has 2 rings (SSSR count). The molecular weight excluding hydrogens is 242 g/mol. The van der Waals surface area contributed by atoms with E-state index in [2.05, 4.69) is 34.2 Å². The molecule has 0 amide bonds. The van der Waals surface area contributed by atoms with Crippen LogP contribution in [0.25, 0.3) is 11.0 Å². The predicted molar refractivity (Wildman–Crippen MR) is 61.4 cm³/mol. The summed E-state index contributed by atoms with van der Waals surface area (Å²) in [5, 5.41) is 4.28. The van der Waals surface area contributed by atoms with E-state index in [0.29, 0.717) is 0 Å². The van der Waals surface area contributed by atoms with Crippen molar-refractivity contribution in [2.24, 2.45) is 0 Å². The van der Waals surface area contributed by atoms with Crippen molar-refractivity contribution in [3.05, 3.63) is 34.5 Å². The molecule has 0 fully saturated rings. The van der Waals surface area contributed by atoms with Crippen LogP contribution in [0, 0.1) is 0 Å². The van der Waals surface area contributed by atoms with Gasteiger partial charge in [-0.1, -0.05) is 22.0 Å². The van der Waals surface area contributed by atoms with Crippen LogP contribution in [0.4, 0.5) is 0 Å². The van der Waals surface area contributed by atoms with E-state index in [9.17, 15) is 0 Å². The smallest absolute Gasteiger partial charge is 0.135 e. The van der Waals surface area contributed by atoms with Gasteiger partial charge in [0, 0.05) is 9.86 Å². The van der Waals surface area contributed by atoms with Gasteiger partial charge in [-0.3, -0.25) is 0 Å². The number of furan rings is 1. The summed E-state index contributed by atoms with van der Waals surface area (Å²) >= 11 is 3.50. The molecule has 2 nitrogen and oxygen atoms in total. The van der Waals surface area contributed by atoms with Gasteiger partial charge in [0.1, 0.15) is 11.3 Å². The number of benzene rings is 1. The average molecular weight is 254 g/mol. The lowest BCUT2D eigenvalue weighted by Gasteiger charge is -2.04. The summed E-state index contributed by atoms with van der Waals surface area (Å²) in [6.07, 6.45) is 0. The van der Waals surface area contributed by atoms with Crippen LogP contribution in [0.1, 0.15) is 18.7 Å². The molecule has 0 aliphatic heterocycles. The third-order valence-corrected chi connectivity index (χ3v) is 3.08. The summed E-state index contributed by atoms with van der Waals surface area (Å²) in [6, 6.07) is 8.29. The van der Waals surface area contributed by atoms with E-state index in [1.807, 2.05) is 25.2 Å². The van der Waals surface area contributed by atoms with Gasteiger partial charge in [-0.05, 0) is 32.2 Å². The molecule has 0 bridgehead atoms. The fraction of sp³-hybridized carbons (Fsp3) is 0.273. The third kappa shape index (κ3) is 1.57. The minimum atomic E-state index is 0.245. The van der Waals surface area contributed by atoms with Crippen molar-refractivity contribution in [2.45, 2.75) is 13.0 Å². The molecule has 1 aromatic heterocycles. The van der Waals surface area contributed by atoms with Crippen LogP contribution in [-0.2, 0) is 0 Å². The number of hydrogen-bond donors (Lipinski definition) is 1. The Hall–Kier alpha value is -0.800. The second-order valence-corrected chi connectivity index (χ2v) is 4.17. The molecule has 1 N–H and O–H groups in total. The first-order valence-electron chi connectivity index (χ1n) is 4.57. The maximum absolute atomic E-state index is 5.71. The van der Waals surface area contributed by atoms with Crippen molar-refractivity contribution in [3.63, 3.8) is 0 Å². The molecule has 0 aliphatic rings. The Morgan fingerprint density at radius 3 is 2.86 bits per heavy atom. The van der Waals surface area contributed by atoms with Crippen LogP contribution in [0.3, 0.4) is 0 Å². The molecule has 1 heterocycles. The van der Waals surface area contributed by atoms with Gasteiger partial charge >= 0.3 is 0 Å². The van der Waals surface area contributed by atoms with Gasteiger partial charge < -0.3 is 9.73 Å². The monoisotopic (exact) mass is 253 g/mol. The summed E-state index contributed by atoms with van der Waals surface area (Å²) in [7, 11) is 1.92. The second-order valence-electron chi connectivity index (χ2n) is 3.31. The van der Waals surface area contributed by atoms with E-state index in [0.717, 1.165) is 21.2 Å². The van der Waals surface area contributed by atoms with E-state index in [4.69, 9.17) is 4.42 Å². The Balaban J connectivity index is 2.56. The van der Waals surface area contributed by atoms with Crippen molar-refractivity contribution >= 4 is 26.9 Å². The largest absolute Gasteiger partial charge is 0.459 e. The zero-order valence-corrected chi connectivity index (χ0v) is 9.76. The molecule has 1 atom stereocenters. The normalized spacial score (nSPS) is 13.4. The average Bonchev–Trinajstić information content (AvgIpc) is 2.62. The van der Waals surface area contributed by atoms with E-state index in [1.165, 1.54) is 0 Å². The Bertz CT molecular complexity index is 449. The summed E-state index contributed by atoms with van der Waals surface area (Å²) in [4.78, 5) is 0. The second kappa shape index (κ2) is 3.75. The first-order valence-corrected chi connectivity index (χ1v) is 5.37. The van der Waals surface area contributed by atoms with E-state index in [1.54, 1.807) is 0 Å². The van der Waals surface area contributed by atoms with Crippen LogP contribution in [0.15, 0.2) is 33.2 Å². The molecule has 0 spiro atoms. The lowest BCUT2D eigenvalue weighted by atomic mass is 10.2. The van der Waals surface area contributed by atoms with Crippen LogP contribution >= 0.6 is 15.9 Å². The SMILES string of the molecule is CNC(C)c1cc2c(Br)cccc2o1. The number of rotatable bonds is 2. The van der Waals surface area contributed by atoms with E-state index < -0.39 is 0 Å². The van der Waals surface area contributed by atoms with Crippen LogP contribution in [-0.4, -0.2) is 7.05 Å². The number of fused-ring (bicyclic) bond motifs is 1. The molecule has 0 radical (unpaired) electrons. The summed E-state index contributed by atoms with van der Waals surface area (Å²) < 4.78 is 6.79. The molecule has 74 valence electrons. The Morgan fingerprint density at radius 1 is 1.43 bits per heavy atom. The van der Waals surface area contributed by atoms with Crippen LogP contribution in [0.2, 0.25) is 0 Å². The maximum Gasteiger partial charge on any atom is 0.135 e. The minimum Gasteiger partial charge on any atom is -0.459 e. The summed E-state index contributed by atoms with van der Waals surface area (Å²) in [5.74, 6) is 0.967. The Kier molecular flexibility index (Phi) is 2.61. The van der Waals surface area contributed by atoms with Gasteiger partial charge in [0.2, 0.25) is 0 Å². The highest BCUT2D eigenvalue weighted by atomic mass is 79.9. The van der Waals surface area contributed by atoms with Gasteiger partial charge in [-0.15, -0.1) is 0 Å². The topological polar surface area (TPSA) is 25.2 Å². The van der Waals surface area contributed by atoms with Gasteiger partial charge in [0.15, 0.2) is 0 Å². The zero-order valence-electron chi connectivity index (χ0n) is 8.17.